The molecular weight excluding hydrogens is 300 g/mol. The van der Waals surface area contributed by atoms with Crippen LogP contribution >= 0.6 is 11.6 Å². The molecule has 7 heteroatoms. The van der Waals surface area contributed by atoms with Gasteiger partial charge in [0.05, 0.1) is 23.4 Å². The highest BCUT2D eigenvalue weighted by Gasteiger charge is 2.16. The van der Waals surface area contributed by atoms with Gasteiger partial charge in [0.2, 0.25) is 0 Å². The number of benzene rings is 1. The van der Waals surface area contributed by atoms with Crippen LogP contribution in [0.3, 0.4) is 0 Å². The van der Waals surface area contributed by atoms with Crippen molar-refractivity contribution >= 4 is 27.3 Å². The molecule has 2 N–H and O–H groups in total. The summed E-state index contributed by atoms with van der Waals surface area (Å²) in [5, 5.41) is 9.45. The standard InChI is InChI=1S/C13H13ClN2O3S/c1-9-4-11(7-15-6-9)16-20(18,19)12-2-3-13(14)10(5-12)8-17/h2-7,16-17H,8H2,1H3. The molecule has 0 fully saturated rings. The van der Waals surface area contributed by atoms with E-state index in [1.54, 1.807) is 12.3 Å². The summed E-state index contributed by atoms with van der Waals surface area (Å²) in [5.74, 6) is 0. The summed E-state index contributed by atoms with van der Waals surface area (Å²) in [5.41, 5.74) is 1.58. The van der Waals surface area contributed by atoms with Gasteiger partial charge in [-0.15, -0.1) is 0 Å². The first kappa shape index (κ1) is 14.8. The SMILES string of the molecule is Cc1cncc(NS(=O)(=O)c2ccc(Cl)c(CO)c2)c1. The van der Waals surface area contributed by atoms with Crippen LogP contribution in [0.25, 0.3) is 0 Å². The molecule has 5 nitrogen and oxygen atoms in total. The van der Waals surface area contributed by atoms with Gasteiger partial charge in [0.25, 0.3) is 10.0 Å². The van der Waals surface area contributed by atoms with Crippen molar-refractivity contribution in [1.82, 2.24) is 4.98 Å². The van der Waals surface area contributed by atoms with Crippen molar-refractivity contribution in [2.24, 2.45) is 0 Å². The number of aliphatic hydroxyl groups excluding tert-OH is 1. The van der Waals surface area contributed by atoms with Crippen molar-refractivity contribution in [2.45, 2.75) is 18.4 Å². The number of hydrogen-bond acceptors (Lipinski definition) is 4. The molecule has 0 aliphatic heterocycles. The van der Waals surface area contributed by atoms with E-state index in [0.717, 1.165) is 5.56 Å². The zero-order valence-electron chi connectivity index (χ0n) is 10.7. The van der Waals surface area contributed by atoms with Crippen molar-refractivity contribution in [2.75, 3.05) is 4.72 Å². The van der Waals surface area contributed by atoms with Gasteiger partial charge in [0.1, 0.15) is 0 Å². The first-order valence-electron chi connectivity index (χ1n) is 5.76. The number of sulfonamides is 1. The minimum Gasteiger partial charge on any atom is -0.392 e. The first-order chi connectivity index (χ1) is 9.42. The number of hydrogen-bond donors (Lipinski definition) is 2. The maximum atomic E-state index is 12.2. The smallest absolute Gasteiger partial charge is 0.261 e. The van der Waals surface area contributed by atoms with Gasteiger partial charge in [-0.3, -0.25) is 9.71 Å². The Balaban J connectivity index is 2.35. The Hall–Kier alpha value is -1.63. The summed E-state index contributed by atoms with van der Waals surface area (Å²) in [4.78, 5) is 3.96. The van der Waals surface area contributed by atoms with Crippen LogP contribution in [0.4, 0.5) is 5.69 Å². The molecule has 0 saturated heterocycles. The summed E-state index contributed by atoms with van der Waals surface area (Å²) >= 11 is 5.84. The van der Waals surface area contributed by atoms with Crippen LogP contribution in [-0.4, -0.2) is 18.5 Å². The molecule has 2 aromatic rings. The lowest BCUT2D eigenvalue weighted by Gasteiger charge is -2.10. The van der Waals surface area contributed by atoms with Gasteiger partial charge in [-0.25, -0.2) is 8.42 Å². The quantitative estimate of drug-likeness (QED) is 0.908. The second kappa shape index (κ2) is 5.78. The molecule has 0 aliphatic rings. The Morgan fingerprint density at radius 3 is 2.70 bits per heavy atom. The maximum absolute atomic E-state index is 12.2. The number of nitrogens with zero attached hydrogens (tertiary/aromatic N) is 1. The molecule has 1 aromatic carbocycles. The summed E-state index contributed by atoms with van der Waals surface area (Å²) in [6, 6.07) is 5.84. The summed E-state index contributed by atoms with van der Waals surface area (Å²) < 4.78 is 26.9. The minimum absolute atomic E-state index is 0.0347. The molecule has 0 saturated carbocycles. The fourth-order valence-electron chi connectivity index (χ4n) is 1.66. The van der Waals surface area contributed by atoms with Gasteiger partial charge in [-0.05, 0) is 42.3 Å². The molecule has 0 atom stereocenters. The second-order valence-corrected chi connectivity index (χ2v) is 6.36. The lowest BCUT2D eigenvalue weighted by Crippen LogP contribution is -2.13. The number of anilines is 1. The summed E-state index contributed by atoms with van der Waals surface area (Å²) in [7, 11) is -3.74. The predicted octanol–water partition coefficient (Wildman–Crippen LogP) is 2.34. The van der Waals surface area contributed by atoms with Crippen LogP contribution in [-0.2, 0) is 16.6 Å². The largest absolute Gasteiger partial charge is 0.392 e. The summed E-state index contributed by atoms with van der Waals surface area (Å²) in [6.07, 6.45) is 3.05. The molecule has 0 radical (unpaired) electrons. The predicted molar refractivity (Wildman–Crippen MR) is 77.2 cm³/mol. The van der Waals surface area contributed by atoms with Crippen molar-refractivity contribution in [3.05, 3.63) is 52.8 Å². The lowest BCUT2D eigenvalue weighted by atomic mass is 10.2. The van der Waals surface area contributed by atoms with Crippen LogP contribution in [0.15, 0.2) is 41.6 Å². The van der Waals surface area contributed by atoms with E-state index in [9.17, 15) is 8.42 Å². The number of rotatable bonds is 4. The number of halogens is 1. The van der Waals surface area contributed by atoms with Crippen molar-refractivity contribution < 1.29 is 13.5 Å². The number of aryl methyl sites for hydroxylation is 1. The molecule has 0 bridgehead atoms. The second-order valence-electron chi connectivity index (χ2n) is 4.27. The Bertz CT molecular complexity index is 732. The van der Waals surface area contributed by atoms with Crippen molar-refractivity contribution in [3.8, 4) is 0 Å². The van der Waals surface area contributed by atoms with E-state index in [1.807, 2.05) is 6.92 Å². The third-order valence-electron chi connectivity index (χ3n) is 2.63. The Labute approximate surface area is 122 Å². The van der Waals surface area contributed by atoms with Crippen molar-refractivity contribution in [3.63, 3.8) is 0 Å². The van der Waals surface area contributed by atoms with Gasteiger partial charge < -0.3 is 5.11 Å². The van der Waals surface area contributed by atoms with Crippen LogP contribution in [0.2, 0.25) is 5.02 Å². The normalized spacial score (nSPS) is 11.3. The van der Waals surface area contributed by atoms with Gasteiger partial charge >= 0.3 is 0 Å². The molecule has 1 aromatic heterocycles. The molecule has 0 spiro atoms. The number of aromatic nitrogens is 1. The highest BCUT2D eigenvalue weighted by atomic mass is 35.5. The molecule has 1 heterocycles. The average molecular weight is 313 g/mol. The van der Waals surface area contributed by atoms with E-state index in [1.165, 1.54) is 24.4 Å². The number of pyridine rings is 1. The van der Waals surface area contributed by atoms with Gasteiger partial charge in [0, 0.05) is 11.2 Å². The van der Waals surface area contributed by atoms with Crippen LogP contribution in [0, 0.1) is 6.92 Å². The third kappa shape index (κ3) is 3.27. The fourth-order valence-corrected chi connectivity index (χ4v) is 2.93. The number of nitrogens with one attached hydrogen (secondary N) is 1. The molecule has 2 rings (SSSR count). The van der Waals surface area contributed by atoms with Crippen molar-refractivity contribution in [1.29, 1.82) is 0 Å². The van der Waals surface area contributed by atoms with E-state index in [4.69, 9.17) is 16.7 Å². The molecule has 0 aliphatic carbocycles. The monoisotopic (exact) mass is 312 g/mol. The van der Waals surface area contributed by atoms with E-state index in [0.29, 0.717) is 16.3 Å². The lowest BCUT2D eigenvalue weighted by molar-refractivity contribution is 0.281. The molecule has 20 heavy (non-hydrogen) atoms. The molecule has 0 unspecified atom stereocenters. The first-order valence-corrected chi connectivity index (χ1v) is 7.62. The average Bonchev–Trinajstić information content (AvgIpc) is 2.38. The zero-order chi connectivity index (χ0) is 14.8. The van der Waals surface area contributed by atoms with E-state index in [-0.39, 0.29) is 11.5 Å². The van der Waals surface area contributed by atoms with E-state index in [2.05, 4.69) is 9.71 Å². The minimum atomic E-state index is -3.74. The van der Waals surface area contributed by atoms with Crippen LogP contribution in [0.1, 0.15) is 11.1 Å². The van der Waals surface area contributed by atoms with Gasteiger partial charge in [-0.2, -0.15) is 0 Å². The van der Waals surface area contributed by atoms with Crippen LogP contribution in [0.5, 0.6) is 0 Å². The van der Waals surface area contributed by atoms with Gasteiger partial charge in [0.15, 0.2) is 0 Å². The Morgan fingerprint density at radius 1 is 1.30 bits per heavy atom. The Kier molecular flexibility index (Phi) is 4.27. The molecule has 106 valence electrons. The molecular formula is C13H13ClN2O3S. The van der Waals surface area contributed by atoms with Gasteiger partial charge in [-0.1, -0.05) is 11.6 Å². The molecule has 0 amide bonds. The topological polar surface area (TPSA) is 79.3 Å². The fraction of sp³-hybridized carbons (Fsp3) is 0.154. The third-order valence-corrected chi connectivity index (χ3v) is 4.37. The van der Waals surface area contributed by atoms with E-state index < -0.39 is 10.0 Å². The highest BCUT2D eigenvalue weighted by molar-refractivity contribution is 7.92. The summed E-state index contributed by atoms with van der Waals surface area (Å²) in [6.45, 7) is 1.49. The van der Waals surface area contributed by atoms with E-state index >= 15 is 0 Å². The zero-order valence-corrected chi connectivity index (χ0v) is 12.2. The highest BCUT2D eigenvalue weighted by Crippen LogP contribution is 2.22. The maximum Gasteiger partial charge on any atom is 0.261 e. The Morgan fingerprint density at radius 2 is 2.05 bits per heavy atom. The number of aliphatic hydroxyl groups is 1. The van der Waals surface area contributed by atoms with Crippen LogP contribution < -0.4 is 4.72 Å².